The van der Waals surface area contributed by atoms with Crippen LogP contribution < -0.4 is 5.32 Å². The highest BCUT2D eigenvalue weighted by Gasteiger charge is 2.34. The largest absolute Gasteiger partial charge is 0.479 e. The summed E-state index contributed by atoms with van der Waals surface area (Å²) in [5.41, 5.74) is 0. The minimum absolute atomic E-state index is 0.113. The second-order valence-corrected chi connectivity index (χ2v) is 4.94. The molecule has 0 spiro atoms. The molecule has 1 rings (SSSR count). The van der Waals surface area contributed by atoms with Crippen LogP contribution in [0.2, 0.25) is 0 Å². The lowest BCUT2D eigenvalue weighted by Crippen LogP contribution is -2.38. The number of carboxylic acids is 1. The van der Waals surface area contributed by atoms with Gasteiger partial charge in [0.15, 0.2) is 6.10 Å². The van der Waals surface area contributed by atoms with Gasteiger partial charge in [-0.15, -0.1) is 0 Å². The molecule has 0 aliphatic carbocycles. The number of aliphatic hydroxyl groups excluding tert-OH is 1. The third kappa shape index (κ3) is 5.16. The van der Waals surface area contributed by atoms with Gasteiger partial charge in [0.05, 0.1) is 0 Å². The first-order valence-corrected chi connectivity index (χ1v) is 6.85. The Morgan fingerprint density at radius 3 is 2.53 bits per heavy atom. The Bertz CT molecular complexity index is 301. The summed E-state index contributed by atoms with van der Waals surface area (Å²) in [4.78, 5) is 22.6. The minimum Gasteiger partial charge on any atom is -0.479 e. The van der Waals surface area contributed by atoms with E-state index in [9.17, 15) is 9.59 Å². The van der Waals surface area contributed by atoms with Crippen molar-refractivity contribution in [3.05, 3.63) is 0 Å². The molecule has 0 bridgehead atoms. The van der Waals surface area contributed by atoms with Crippen LogP contribution >= 0.6 is 0 Å². The maximum atomic E-state index is 11.8. The van der Waals surface area contributed by atoms with Crippen LogP contribution in [-0.4, -0.2) is 47.4 Å². The molecule has 0 aromatic rings. The summed E-state index contributed by atoms with van der Waals surface area (Å²) >= 11 is 0. The number of carboxylic acid groups (broad SMARTS) is 1. The van der Waals surface area contributed by atoms with Crippen molar-refractivity contribution in [2.24, 2.45) is 5.92 Å². The fourth-order valence-corrected chi connectivity index (χ4v) is 2.31. The number of aliphatic hydroxyl groups is 1. The third-order valence-corrected chi connectivity index (χ3v) is 3.39. The molecule has 1 saturated heterocycles. The van der Waals surface area contributed by atoms with Crippen LogP contribution in [0, 0.1) is 5.92 Å². The van der Waals surface area contributed by atoms with Crippen molar-refractivity contribution < 1.29 is 24.5 Å². The standard InChI is InChI=1S/C13H23NO5/c1-2-3-9(6-7-15)8-14-12(16)10-4-5-11(19-10)13(17)18/h9-11,15H,2-8H2,1H3,(H,14,16)(H,17,18)/t9?,10-,11+/m0/s1. The first kappa shape index (κ1) is 15.9. The lowest BCUT2D eigenvalue weighted by Gasteiger charge is -2.17. The van der Waals surface area contributed by atoms with E-state index in [0.717, 1.165) is 12.8 Å². The highest BCUT2D eigenvalue weighted by atomic mass is 16.5. The van der Waals surface area contributed by atoms with Gasteiger partial charge in [-0.25, -0.2) is 4.79 Å². The molecule has 110 valence electrons. The molecule has 1 aliphatic heterocycles. The molecule has 19 heavy (non-hydrogen) atoms. The van der Waals surface area contributed by atoms with E-state index in [1.54, 1.807) is 0 Å². The van der Waals surface area contributed by atoms with Crippen LogP contribution in [0.25, 0.3) is 0 Å². The van der Waals surface area contributed by atoms with Crippen LogP contribution in [0.5, 0.6) is 0 Å². The van der Waals surface area contributed by atoms with Crippen LogP contribution in [0.3, 0.4) is 0 Å². The second-order valence-electron chi connectivity index (χ2n) is 4.94. The van der Waals surface area contributed by atoms with Crippen molar-refractivity contribution in [2.45, 2.75) is 51.2 Å². The zero-order chi connectivity index (χ0) is 14.3. The van der Waals surface area contributed by atoms with Crippen molar-refractivity contribution in [3.63, 3.8) is 0 Å². The average Bonchev–Trinajstić information content (AvgIpc) is 2.86. The van der Waals surface area contributed by atoms with Gasteiger partial charge in [-0.3, -0.25) is 4.79 Å². The van der Waals surface area contributed by atoms with Gasteiger partial charge in [-0.1, -0.05) is 13.3 Å². The Hall–Kier alpha value is -1.14. The molecule has 6 nitrogen and oxygen atoms in total. The van der Waals surface area contributed by atoms with Gasteiger partial charge < -0.3 is 20.3 Å². The number of amides is 1. The topological polar surface area (TPSA) is 95.9 Å². The molecule has 0 radical (unpaired) electrons. The highest BCUT2D eigenvalue weighted by Crippen LogP contribution is 2.20. The van der Waals surface area contributed by atoms with E-state index in [4.69, 9.17) is 14.9 Å². The van der Waals surface area contributed by atoms with Crippen LogP contribution in [0.1, 0.15) is 39.0 Å². The Morgan fingerprint density at radius 1 is 1.32 bits per heavy atom. The Kier molecular flexibility index (Phi) is 6.80. The molecule has 6 heteroatoms. The molecule has 1 unspecified atom stereocenters. The summed E-state index contributed by atoms with van der Waals surface area (Å²) in [5, 5.41) is 20.5. The SMILES string of the molecule is CCCC(CCO)CNC(=O)[C@@H]1CC[C@H](C(=O)O)O1. The quantitative estimate of drug-likeness (QED) is 0.599. The lowest BCUT2D eigenvalue weighted by atomic mass is 10.00. The van der Waals surface area contributed by atoms with Gasteiger partial charge in [0, 0.05) is 13.2 Å². The molecule has 0 aromatic heterocycles. The van der Waals surface area contributed by atoms with Gasteiger partial charge in [0.25, 0.3) is 0 Å². The Balaban J connectivity index is 2.32. The van der Waals surface area contributed by atoms with Crippen LogP contribution in [0.15, 0.2) is 0 Å². The lowest BCUT2D eigenvalue weighted by molar-refractivity contribution is -0.151. The normalized spacial score (nSPS) is 24.1. The molecule has 3 N–H and O–H groups in total. The first-order chi connectivity index (χ1) is 9.08. The Labute approximate surface area is 113 Å². The molecule has 0 saturated carbocycles. The maximum absolute atomic E-state index is 11.8. The number of hydrogen-bond acceptors (Lipinski definition) is 4. The monoisotopic (exact) mass is 273 g/mol. The number of hydrogen-bond donors (Lipinski definition) is 3. The predicted octanol–water partition coefficient (Wildman–Crippen LogP) is 0.533. The molecular weight excluding hydrogens is 250 g/mol. The van der Waals surface area contributed by atoms with Gasteiger partial charge >= 0.3 is 5.97 Å². The minimum atomic E-state index is -1.01. The summed E-state index contributed by atoms with van der Waals surface area (Å²) in [6.07, 6.45) is 1.92. The van der Waals surface area contributed by atoms with E-state index in [1.165, 1.54) is 0 Å². The first-order valence-electron chi connectivity index (χ1n) is 6.85. The fraction of sp³-hybridized carbons (Fsp3) is 0.846. The molecule has 1 heterocycles. The van der Waals surface area contributed by atoms with Crippen molar-refractivity contribution >= 4 is 11.9 Å². The fourth-order valence-electron chi connectivity index (χ4n) is 2.31. The van der Waals surface area contributed by atoms with Crippen molar-refractivity contribution in [1.29, 1.82) is 0 Å². The third-order valence-electron chi connectivity index (χ3n) is 3.39. The van der Waals surface area contributed by atoms with E-state index < -0.39 is 18.2 Å². The van der Waals surface area contributed by atoms with Crippen molar-refractivity contribution in [3.8, 4) is 0 Å². The van der Waals surface area contributed by atoms with Gasteiger partial charge in [0.2, 0.25) is 5.91 Å². The molecular formula is C13H23NO5. The van der Waals surface area contributed by atoms with Gasteiger partial charge in [-0.2, -0.15) is 0 Å². The number of rotatable bonds is 8. The molecule has 3 atom stereocenters. The van der Waals surface area contributed by atoms with Gasteiger partial charge in [0.1, 0.15) is 6.10 Å². The summed E-state index contributed by atoms with van der Waals surface area (Å²) < 4.78 is 5.18. The second kappa shape index (κ2) is 8.12. The molecule has 0 aromatic carbocycles. The average molecular weight is 273 g/mol. The van der Waals surface area contributed by atoms with E-state index in [-0.39, 0.29) is 18.4 Å². The number of nitrogens with one attached hydrogen (secondary N) is 1. The molecule has 1 fully saturated rings. The smallest absolute Gasteiger partial charge is 0.332 e. The van der Waals surface area contributed by atoms with E-state index >= 15 is 0 Å². The summed E-state index contributed by atoms with van der Waals surface area (Å²) in [6, 6.07) is 0. The number of carbonyl (C=O) groups is 2. The van der Waals surface area contributed by atoms with Crippen molar-refractivity contribution in [1.82, 2.24) is 5.32 Å². The highest BCUT2D eigenvalue weighted by molar-refractivity contribution is 5.82. The van der Waals surface area contributed by atoms with Crippen LogP contribution in [0.4, 0.5) is 0 Å². The zero-order valence-electron chi connectivity index (χ0n) is 11.3. The Morgan fingerprint density at radius 2 is 2.00 bits per heavy atom. The maximum Gasteiger partial charge on any atom is 0.332 e. The predicted molar refractivity (Wildman–Crippen MR) is 68.6 cm³/mol. The van der Waals surface area contributed by atoms with Crippen LogP contribution in [-0.2, 0) is 14.3 Å². The van der Waals surface area contributed by atoms with E-state index in [0.29, 0.717) is 25.8 Å². The summed E-state index contributed by atoms with van der Waals surface area (Å²) in [7, 11) is 0. The van der Waals surface area contributed by atoms with Gasteiger partial charge in [-0.05, 0) is 31.6 Å². The van der Waals surface area contributed by atoms with Crippen molar-refractivity contribution in [2.75, 3.05) is 13.2 Å². The number of carbonyl (C=O) groups excluding carboxylic acids is 1. The van der Waals surface area contributed by atoms with E-state index in [2.05, 4.69) is 12.2 Å². The summed E-state index contributed by atoms with van der Waals surface area (Å²) in [6.45, 7) is 2.68. The molecule has 1 aliphatic rings. The van der Waals surface area contributed by atoms with E-state index in [1.807, 2.05) is 0 Å². The zero-order valence-corrected chi connectivity index (χ0v) is 11.3. The molecule has 1 amide bonds. The number of ether oxygens (including phenoxy) is 1. The number of aliphatic carboxylic acids is 1. The summed E-state index contributed by atoms with van der Waals surface area (Å²) in [5.74, 6) is -1.00.